The average molecular weight is 368 g/mol. The molecule has 0 spiro atoms. The van der Waals surface area contributed by atoms with Crippen LogP contribution in [0.3, 0.4) is 0 Å². The van der Waals surface area contributed by atoms with Crippen LogP contribution in [-0.2, 0) is 22.7 Å². The third-order valence-corrected chi connectivity index (χ3v) is 4.82. The lowest BCUT2D eigenvalue weighted by atomic mass is 10.1. The van der Waals surface area contributed by atoms with Crippen molar-refractivity contribution in [2.45, 2.75) is 17.6 Å². The molecule has 2 aromatic rings. The zero-order valence-corrected chi connectivity index (χ0v) is 12.9. The minimum atomic E-state index is -4.46. The lowest BCUT2D eigenvalue weighted by molar-refractivity contribution is -0.137. The molecule has 0 amide bonds. The van der Waals surface area contributed by atoms with Crippen LogP contribution in [0, 0.1) is 5.82 Å². The molecule has 0 unspecified atom stereocenters. The number of hydrogen-bond donors (Lipinski definition) is 1. The maximum atomic E-state index is 12.9. The van der Waals surface area contributed by atoms with Gasteiger partial charge in [0.2, 0.25) is 10.0 Å². The summed E-state index contributed by atoms with van der Waals surface area (Å²) in [6, 6.07) is 6.85. The predicted molar refractivity (Wildman–Crippen MR) is 76.9 cm³/mol. The van der Waals surface area contributed by atoms with E-state index in [1.165, 1.54) is 0 Å². The smallest absolute Gasteiger partial charge is 0.207 e. The number of hydrogen-bond acceptors (Lipinski definition) is 2. The van der Waals surface area contributed by atoms with E-state index in [0.717, 1.165) is 42.5 Å². The summed E-state index contributed by atoms with van der Waals surface area (Å²) in [6.45, 7) is -0.228. The summed E-state index contributed by atoms with van der Waals surface area (Å²) in [6.07, 6.45) is -4.46. The Morgan fingerprint density at radius 1 is 1.04 bits per heavy atom. The van der Waals surface area contributed by atoms with Gasteiger partial charge in [0.05, 0.1) is 10.6 Å². The van der Waals surface area contributed by atoms with E-state index >= 15 is 0 Å². The van der Waals surface area contributed by atoms with Crippen LogP contribution in [0.15, 0.2) is 47.4 Å². The maximum Gasteiger partial charge on any atom is 0.416 e. The molecular formula is C14H10ClF4NO2S. The van der Waals surface area contributed by atoms with Gasteiger partial charge in [-0.1, -0.05) is 23.7 Å². The number of benzene rings is 2. The first-order chi connectivity index (χ1) is 10.6. The monoisotopic (exact) mass is 367 g/mol. The fraction of sp³-hybridized carbons (Fsp3) is 0.143. The molecule has 2 rings (SSSR count). The summed E-state index contributed by atoms with van der Waals surface area (Å²) in [7, 11) is -4.02. The Morgan fingerprint density at radius 2 is 1.65 bits per heavy atom. The summed E-state index contributed by atoms with van der Waals surface area (Å²) in [4.78, 5) is -0.313. The van der Waals surface area contributed by atoms with E-state index in [-0.39, 0.29) is 16.5 Å². The quantitative estimate of drug-likeness (QED) is 0.831. The SMILES string of the molecule is O=S(=O)(NCc1ccc(C(F)(F)F)cc1)c1ccc(F)cc1Cl. The van der Waals surface area contributed by atoms with E-state index < -0.39 is 27.6 Å². The second-order valence-electron chi connectivity index (χ2n) is 4.59. The Bertz CT molecular complexity index is 805. The molecule has 1 N–H and O–H groups in total. The normalized spacial score (nSPS) is 12.4. The van der Waals surface area contributed by atoms with E-state index in [9.17, 15) is 26.0 Å². The van der Waals surface area contributed by atoms with E-state index in [1.807, 2.05) is 0 Å². The summed E-state index contributed by atoms with van der Waals surface area (Å²) >= 11 is 5.68. The number of alkyl halides is 3. The average Bonchev–Trinajstić information content (AvgIpc) is 2.44. The van der Waals surface area contributed by atoms with Gasteiger partial charge >= 0.3 is 6.18 Å². The van der Waals surface area contributed by atoms with Gasteiger partial charge in [0, 0.05) is 6.54 Å². The number of nitrogens with one attached hydrogen (secondary N) is 1. The fourth-order valence-corrected chi connectivity index (χ4v) is 3.31. The molecule has 0 aliphatic heterocycles. The number of halogens is 5. The zero-order chi connectivity index (χ0) is 17.3. The Labute approximate surface area is 134 Å². The summed E-state index contributed by atoms with van der Waals surface area (Å²) in [5.74, 6) is -0.684. The number of rotatable bonds is 4. The molecule has 124 valence electrons. The van der Waals surface area contributed by atoms with Crippen LogP contribution in [0.4, 0.5) is 17.6 Å². The standard InChI is InChI=1S/C14H10ClF4NO2S/c15-12-7-11(16)5-6-13(12)23(21,22)20-8-9-1-3-10(4-2-9)14(17,18)19/h1-7,20H,8H2. The Balaban J connectivity index is 2.13. The van der Waals surface area contributed by atoms with Crippen molar-refractivity contribution in [2.75, 3.05) is 0 Å². The molecule has 0 saturated carbocycles. The lowest BCUT2D eigenvalue weighted by Gasteiger charge is -2.10. The molecule has 3 nitrogen and oxygen atoms in total. The molecule has 0 fully saturated rings. The molecule has 0 heterocycles. The van der Waals surface area contributed by atoms with Crippen molar-refractivity contribution < 1.29 is 26.0 Å². The molecular weight excluding hydrogens is 358 g/mol. The van der Waals surface area contributed by atoms with Gasteiger partial charge < -0.3 is 0 Å². The van der Waals surface area contributed by atoms with Crippen LogP contribution in [0.25, 0.3) is 0 Å². The fourth-order valence-electron chi connectivity index (χ4n) is 1.76. The Hall–Kier alpha value is -1.64. The molecule has 0 aromatic heterocycles. The third-order valence-electron chi connectivity index (χ3n) is 2.93. The minimum Gasteiger partial charge on any atom is -0.207 e. The molecule has 0 atom stereocenters. The maximum absolute atomic E-state index is 12.9. The van der Waals surface area contributed by atoms with Crippen molar-refractivity contribution in [2.24, 2.45) is 0 Å². The van der Waals surface area contributed by atoms with Gasteiger partial charge in [-0.05, 0) is 35.9 Å². The molecule has 0 saturated heterocycles. The molecule has 2 aromatic carbocycles. The van der Waals surface area contributed by atoms with Crippen LogP contribution in [0.1, 0.15) is 11.1 Å². The van der Waals surface area contributed by atoms with E-state index in [4.69, 9.17) is 11.6 Å². The van der Waals surface area contributed by atoms with Crippen molar-refractivity contribution >= 4 is 21.6 Å². The Kier molecular flexibility index (Phi) is 4.98. The van der Waals surface area contributed by atoms with Crippen LogP contribution in [-0.4, -0.2) is 8.42 Å². The first-order valence-electron chi connectivity index (χ1n) is 6.20. The highest BCUT2D eigenvalue weighted by Gasteiger charge is 2.30. The van der Waals surface area contributed by atoms with Crippen LogP contribution < -0.4 is 4.72 Å². The minimum absolute atomic E-state index is 0.228. The van der Waals surface area contributed by atoms with E-state index in [1.54, 1.807) is 0 Å². The van der Waals surface area contributed by atoms with Crippen molar-refractivity contribution in [3.63, 3.8) is 0 Å². The van der Waals surface area contributed by atoms with Crippen molar-refractivity contribution in [3.05, 3.63) is 64.4 Å². The summed E-state index contributed by atoms with van der Waals surface area (Å²) in [5.41, 5.74) is -0.495. The van der Waals surface area contributed by atoms with Crippen LogP contribution >= 0.6 is 11.6 Å². The second kappa shape index (κ2) is 6.46. The van der Waals surface area contributed by atoms with Gasteiger partial charge in [0.1, 0.15) is 10.7 Å². The third kappa shape index (κ3) is 4.43. The first-order valence-corrected chi connectivity index (χ1v) is 8.06. The first kappa shape index (κ1) is 17.7. The summed E-state index contributed by atoms with van der Waals surface area (Å²) < 4.78 is 76.6. The highest BCUT2D eigenvalue weighted by atomic mass is 35.5. The molecule has 0 aliphatic carbocycles. The van der Waals surface area contributed by atoms with Crippen molar-refractivity contribution in [3.8, 4) is 0 Å². The second-order valence-corrected chi connectivity index (χ2v) is 6.74. The van der Waals surface area contributed by atoms with Gasteiger partial charge in [0.15, 0.2) is 0 Å². The highest BCUT2D eigenvalue weighted by Crippen LogP contribution is 2.29. The van der Waals surface area contributed by atoms with Gasteiger partial charge in [-0.3, -0.25) is 0 Å². The van der Waals surface area contributed by atoms with Gasteiger partial charge in [-0.25, -0.2) is 17.5 Å². The van der Waals surface area contributed by atoms with Crippen molar-refractivity contribution in [1.82, 2.24) is 4.72 Å². The molecule has 9 heteroatoms. The Morgan fingerprint density at radius 3 is 2.17 bits per heavy atom. The van der Waals surface area contributed by atoms with E-state index in [0.29, 0.717) is 5.56 Å². The van der Waals surface area contributed by atoms with E-state index in [2.05, 4.69) is 4.72 Å². The van der Waals surface area contributed by atoms with Gasteiger partial charge in [0.25, 0.3) is 0 Å². The topological polar surface area (TPSA) is 46.2 Å². The molecule has 0 radical (unpaired) electrons. The molecule has 23 heavy (non-hydrogen) atoms. The van der Waals surface area contributed by atoms with Crippen LogP contribution in [0.5, 0.6) is 0 Å². The highest BCUT2D eigenvalue weighted by molar-refractivity contribution is 7.89. The van der Waals surface area contributed by atoms with Gasteiger partial charge in [-0.15, -0.1) is 0 Å². The largest absolute Gasteiger partial charge is 0.416 e. The number of sulfonamides is 1. The molecule has 0 bridgehead atoms. The van der Waals surface area contributed by atoms with Gasteiger partial charge in [-0.2, -0.15) is 13.2 Å². The van der Waals surface area contributed by atoms with Crippen LogP contribution in [0.2, 0.25) is 5.02 Å². The molecule has 0 aliphatic rings. The predicted octanol–water partition coefficient (Wildman–Crippen LogP) is 3.98. The lowest BCUT2D eigenvalue weighted by Crippen LogP contribution is -2.23. The van der Waals surface area contributed by atoms with Crippen molar-refractivity contribution in [1.29, 1.82) is 0 Å². The zero-order valence-electron chi connectivity index (χ0n) is 11.4. The summed E-state index contributed by atoms with van der Waals surface area (Å²) in [5, 5.41) is -0.287.